The Kier molecular flexibility index (Phi) is 5.70. The van der Waals surface area contributed by atoms with E-state index in [1.807, 2.05) is 25.7 Å². The first-order valence-electron chi connectivity index (χ1n) is 8.61. The van der Waals surface area contributed by atoms with Gasteiger partial charge in [0.2, 0.25) is 5.91 Å². The third-order valence-electron chi connectivity index (χ3n) is 4.34. The lowest BCUT2D eigenvalue weighted by molar-refractivity contribution is -0.133. The molecular formula is C17H30N2O3. The SMILES string of the molecule is CC(C)(C)OC(=O)N1CCC[C@H](CC(=O)N2CCCCC2)C1. The second-order valence-corrected chi connectivity index (χ2v) is 7.58. The molecule has 1 atom stereocenters. The van der Waals surface area contributed by atoms with E-state index in [2.05, 4.69) is 0 Å². The average Bonchev–Trinajstić information content (AvgIpc) is 2.46. The Bertz CT molecular complexity index is 397. The van der Waals surface area contributed by atoms with Crippen molar-refractivity contribution in [1.82, 2.24) is 9.80 Å². The van der Waals surface area contributed by atoms with Gasteiger partial charge < -0.3 is 14.5 Å². The first-order chi connectivity index (χ1) is 10.3. The van der Waals surface area contributed by atoms with Gasteiger partial charge in [0.05, 0.1) is 0 Å². The molecule has 126 valence electrons. The van der Waals surface area contributed by atoms with E-state index < -0.39 is 5.60 Å². The molecule has 0 aliphatic carbocycles. The maximum atomic E-state index is 12.4. The van der Waals surface area contributed by atoms with Crippen LogP contribution in [-0.2, 0) is 9.53 Å². The van der Waals surface area contributed by atoms with Gasteiger partial charge in [-0.25, -0.2) is 4.79 Å². The van der Waals surface area contributed by atoms with Gasteiger partial charge in [0.15, 0.2) is 0 Å². The highest BCUT2D eigenvalue weighted by molar-refractivity contribution is 5.76. The van der Waals surface area contributed by atoms with Crippen LogP contribution < -0.4 is 0 Å². The Labute approximate surface area is 134 Å². The summed E-state index contributed by atoms with van der Waals surface area (Å²) in [5, 5.41) is 0. The smallest absolute Gasteiger partial charge is 0.410 e. The summed E-state index contributed by atoms with van der Waals surface area (Å²) in [6, 6.07) is 0. The van der Waals surface area contributed by atoms with Gasteiger partial charge in [-0.2, -0.15) is 0 Å². The molecule has 2 saturated heterocycles. The highest BCUT2D eigenvalue weighted by Crippen LogP contribution is 2.23. The molecule has 0 bridgehead atoms. The molecule has 2 aliphatic rings. The van der Waals surface area contributed by atoms with Crippen molar-refractivity contribution in [2.75, 3.05) is 26.2 Å². The standard InChI is InChI=1S/C17H30N2O3/c1-17(2,3)22-16(21)19-11-7-8-14(13-19)12-15(20)18-9-5-4-6-10-18/h14H,4-13H2,1-3H3/t14-/m1/s1. The molecule has 2 amide bonds. The maximum absolute atomic E-state index is 12.4. The lowest BCUT2D eigenvalue weighted by Gasteiger charge is -2.35. The van der Waals surface area contributed by atoms with E-state index in [0.29, 0.717) is 13.0 Å². The summed E-state index contributed by atoms with van der Waals surface area (Å²) >= 11 is 0. The van der Waals surface area contributed by atoms with Crippen molar-refractivity contribution in [2.45, 2.75) is 64.9 Å². The topological polar surface area (TPSA) is 49.9 Å². The molecule has 0 N–H and O–H groups in total. The fraction of sp³-hybridized carbons (Fsp3) is 0.882. The number of amides is 2. The van der Waals surface area contributed by atoms with Crippen molar-refractivity contribution < 1.29 is 14.3 Å². The van der Waals surface area contributed by atoms with Crippen molar-refractivity contribution in [1.29, 1.82) is 0 Å². The normalized spacial score (nSPS) is 23.3. The Balaban J connectivity index is 1.82. The monoisotopic (exact) mass is 310 g/mol. The first-order valence-corrected chi connectivity index (χ1v) is 8.61. The molecule has 5 nitrogen and oxygen atoms in total. The highest BCUT2D eigenvalue weighted by Gasteiger charge is 2.29. The van der Waals surface area contributed by atoms with Gasteiger partial charge >= 0.3 is 6.09 Å². The van der Waals surface area contributed by atoms with Crippen LogP contribution in [0.3, 0.4) is 0 Å². The molecular weight excluding hydrogens is 280 g/mol. The summed E-state index contributed by atoms with van der Waals surface area (Å²) in [6.45, 7) is 8.84. The number of hydrogen-bond donors (Lipinski definition) is 0. The molecule has 22 heavy (non-hydrogen) atoms. The molecule has 0 aromatic carbocycles. The fourth-order valence-corrected chi connectivity index (χ4v) is 3.24. The van der Waals surface area contributed by atoms with Crippen LogP contribution in [0.4, 0.5) is 4.79 Å². The van der Waals surface area contributed by atoms with E-state index in [1.165, 1.54) is 6.42 Å². The number of nitrogens with zero attached hydrogens (tertiary/aromatic N) is 2. The average molecular weight is 310 g/mol. The predicted octanol–water partition coefficient (Wildman–Crippen LogP) is 3.04. The Morgan fingerprint density at radius 2 is 1.64 bits per heavy atom. The molecule has 2 heterocycles. The van der Waals surface area contributed by atoms with Crippen molar-refractivity contribution in [3.8, 4) is 0 Å². The third kappa shape index (κ3) is 5.18. The van der Waals surface area contributed by atoms with Gasteiger partial charge in [-0.05, 0) is 58.8 Å². The zero-order valence-corrected chi connectivity index (χ0v) is 14.3. The number of piperidine rings is 2. The largest absolute Gasteiger partial charge is 0.444 e. The summed E-state index contributed by atoms with van der Waals surface area (Å²) < 4.78 is 5.44. The minimum absolute atomic E-state index is 0.248. The molecule has 5 heteroatoms. The zero-order valence-electron chi connectivity index (χ0n) is 14.3. The van der Waals surface area contributed by atoms with Gasteiger partial charge in [-0.3, -0.25) is 4.79 Å². The van der Waals surface area contributed by atoms with E-state index in [1.54, 1.807) is 4.90 Å². The van der Waals surface area contributed by atoms with Gasteiger partial charge in [0.25, 0.3) is 0 Å². The van der Waals surface area contributed by atoms with E-state index in [0.717, 1.165) is 45.3 Å². The van der Waals surface area contributed by atoms with Crippen LogP contribution in [-0.4, -0.2) is 53.6 Å². The minimum atomic E-state index is -0.465. The number of likely N-dealkylation sites (tertiary alicyclic amines) is 2. The van der Waals surface area contributed by atoms with Crippen LogP contribution in [0.2, 0.25) is 0 Å². The van der Waals surface area contributed by atoms with Gasteiger partial charge in [-0.15, -0.1) is 0 Å². The predicted molar refractivity (Wildman–Crippen MR) is 85.6 cm³/mol. The molecule has 0 saturated carbocycles. The maximum Gasteiger partial charge on any atom is 0.410 e. The van der Waals surface area contributed by atoms with Crippen LogP contribution in [0.1, 0.15) is 59.3 Å². The van der Waals surface area contributed by atoms with Crippen LogP contribution in [0, 0.1) is 5.92 Å². The number of ether oxygens (including phenoxy) is 1. The number of carbonyl (C=O) groups is 2. The molecule has 0 unspecified atom stereocenters. The fourth-order valence-electron chi connectivity index (χ4n) is 3.24. The molecule has 0 aromatic heterocycles. The number of rotatable bonds is 2. The Morgan fingerprint density at radius 1 is 1.00 bits per heavy atom. The van der Waals surface area contributed by atoms with Gasteiger partial charge in [0.1, 0.15) is 5.60 Å². The highest BCUT2D eigenvalue weighted by atomic mass is 16.6. The second kappa shape index (κ2) is 7.34. The van der Waals surface area contributed by atoms with Crippen LogP contribution >= 0.6 is 0 Å². The Hall–Kier alpha value is -1.26. The second-order valence-electron chi connectivity index (χ2n) is 7.58. The van der Waals surface area contributed by atoms with Crippen LogP contribution in [0.5, 0.6) is 0 Å². The molecule has 2 aliphatic heterocycles. The molecule has 0 radical (unpaired) electrons. The van der Waals surface area contributed by atoms with Crippen LogP contribution in [0.25, 0.3) is 0 Å². The van der Waals surface area contributed by atoms with Gasteiger partial charge in [0, 0.05) is 32.6 Å². The molecule has 0 spiro atoms. The van der Waals surface area contributed by atoms with E-state index in [-0.39, 0.29) is 17.9 Å². The molecule has 2 rings (SSSR count). The summed E-state index contributed by atoms with van der Waals surface area (Å²) in [4.78, 5) is 28.3. The summed E-state index contributed by atoms with van der Waals surface area (Å²) in [5.74, 6) is 0.534. The summed E-state index contributed by atoms with van der Waals surface area (Å²) in [6.07, 6.45) is 5.79. The quantitative estimate of drug-likeness (QED) is 0.787. The zero-order chi connectivity index (χ0) is 16.2. The van der Waals surface area contributed by atoms with Gasteiger partial charge in [-0.1, -0.05) is 0 Å². The summed E-state index contributed by atoms with van der Waals surface area (Å²) in [7, 11) is 0. The minimum Gasteiger partial charge on any atom is -0.444 e. The molecule has 0 aromatic rings. The van der Waals surface area contributed by atoms with Crippen LogP contribution in [0.15, 0.2) is 0 Å². The van der Waals surface area contributed by atoms with Crippen molar-refractivity contribution in [3.63, 3.8) is 0 Å². The summed E-state index contributed by atoms with van der Waals surface area (Å²) in [5.41, 5.74) is -0.465. The molecule has 2 fully saturated rings. The Morgan fingerprint density at radius 3 is 2.27 bits per heavy atom. The van der Waals surface area contributed by atoms with E-state index >= 15 is 0 Å². The first kappa shape index (κ1) is 17.1. The van der Waals surface area contributed by atoms with Crippen molar-refractivity contribution in [3.05, 3.63) is 0 Å². The van der Waals surface area contributed by atoms with Crippen molar-refractivity contribution in [2.24, 2.45) is 5.92 Å². The number of carbonyl (C=O) groups excluding carboxylic acids is 2. The number of hydrogen-bond acceptors (Lipinski definition) is 3. The lowest BCUT2D eigenvalue weighted by atomic mass is 9.94. The van der Waals surface area contributed by atoms with E-state index in [4.69, 9.17) is 4.74 Å². The van der Waals surface area contributed by atoms with E-state index in [9.17, 15) is 9.59 Å². The van der Waals surface area contributed by atoms with Crippen molar-refractivity contribution >= 4 is 12.0 Å². The third-order valence-corrected chi connectivity index (χ3v) is 4.34. The lowest BCUT2D eigenvalue weighted by Crippen LogP contribution is -2.44.